The number of carbonyl (C=O) groups excluding carboxylic acids is 3. The Bertz CT molecular complexity index is 687. The number of ether oxygens (including phenoxy) is 1. The number of anilines is 2. The number of hydrogen-bond donors (Lipinski definition) is 3. The van der Waals surface area contributed by atoms with Gasteiger partial charge in [0.05, 0.1) is 12.2 Å². The van der Waals surface area contributed by atoms with E-state index in [1.54, 1.807) is 19.1 Å². The number of esters is 1. The van der Waals surface area contributed by atoms with Crippen molar-refractivity contribution in [3.63, 3.8) is 0 Å². The number of nitrogens with one attached hydrogen (secondary N) is 3. The van der Waals surface area contributed by atoms with Gasteiger partial charge in [-0.3, -0.25) is 9.59 Å². The third-order valence-corrected chi connectivity index (χ3v) is 4.43. The summed E-state index contributed by atoms with van der Waals surface area (Å²) < 4.78 is 4.77. The molecule has 0 saturated carbocycles. The molecule has 1 heterocycles. The van der Waals surface area contributed by atoms with Gasteiger partial charge in [0.2, 0.25) is 0 Å². The molecule has 0 spiro atoms. The molecule has 1 aliphatic rings. The second-order valence-electron chi connectivity index (χ2n) is 6.65. The monoisotopic (exact) mass is 390 g/mol. The number of carbonyl (C=O) groups is 3. The fourth-order valence-electron chi connectivity index (χ4n) is 3.08. The van der Waals surface area contributed by atoms with Crippen LogP contribution in [0.4, 0.5) is 16.2 Å². The molecule has 0 atom stereocenters. The van der Waals surface area contributed by atoms with Crippen molar-refractivity contribution in [2.24, 2.45) is 0 Å². The Kier molecular flexibility index (Phi) is 8.58. The molecule has 2 rings (SSSR count). The van der Waals surface area contributed by atoms with Gasteiger partial charge in [-0.25, -0.2) is 4.79 Å². The Morgan fingerprint density at radius 2 is 1.82 bits per heavy atom. The summed E-state index contributed by atoms with van der Waals surface area (Å²) >= 11 is 0. The Morgan fingerprint density at radius 3 is 2.50 bits per heavy atom. The molecule has 0 unspecified atom stereocenters. The fourth-order valence-corrected chi connectivity index (χ4v) is 3.08. The number of amides is 3. The van der Waals surface area contributed by atoms with Crippen LogP contribution in [-0.2, 0) is 9.53 Å². The Labute approximate surface area is 166 Å². The molecule has 0 aromatic heterocycles. The molecule has 0 aliphatic carbocycles. The number of piperidine rings is 1. The predicted molar refractivity (Wildman–Crippen MR) is 109 cm³/mol. The largest absolute Gasteiger partial charge is 0.465 e. The van der Waals surface area contributed by atoms with Crippen LogP contribution in [-0.4, -0.2) is 50.7 Å². The second-order valence-corrected chi connectivity index (χ2v) is 6.65. The quantitative estimate of drug-likeness (QED) is 0.592. The van der Waals surface area contributed by atoms with Crippen LogP contribution in [0.3, 0.4) is 0 Å². The zero-order valence-corrected chi connectivity index (χ0v) is 16.7. The Balaban J connectivity index is 2.11. The van der Waals surface area contributed by atoms with Crippen molar-refractivity contribution >= 4 is 29.3 Å². The normalized spacial score (nSPS) is 13.6. The van der Waals surface area contributed by atoms with Gasteiger partial charge in [0.1, 0.15) is 6.54 Å². The Hall–Kier alpha value is -2.77. The van der Waals surface area contributed by atoms with Crippen LogP contribution in [0.2, 0.25) is 0 Å². The number of benzene rings is 1. The molecule has 3 N–H and O–H groups in total. The molecule has 3 amide bonds. The average Bonchev–Trinajstić information content (AvgIpc) is 2.71. The lowest BCUT2D eigenvalue weighted by Gasteiger charge is -2.30. The van der Waals surface area contributed by atoms with E-state index in [1.807, 2.05) is 13.0 Å². The van der Waals surface area contributed by atoms with Gasteiger partial charge < -0.3 is 25.6 Å². The third-order valence-electron chi connectivity index (χ3n) is 4.43. The highest BCUT2D eigenvalue weighted by Gasteiger charge is 2.19. The first-order valence-electron chi connectivity index (χ1n) is 9.92. The van der Waals surface area contributed by atoms with Gasteiger partial charge in [-0.1, -0.05) is 6.92 Å². The summed E-state index contributed by atoms with van der Waals surface area (Å²) in [4.78, 5) is 38.2. The minimum Gasteiger partial charge on any atom is -0.465 e. The maximum atomic E-state index is 12.7. The van der Waals surface area contributed by atoms with Crippen LogP contribution in [0.25, 0.3) is 0 Å². The van der Waals surface area contributed by atoms with Crippen LogP contribution >= 0.6 is 0 Å². The van der Waals surface area contributed by atoms with E-state index in [-0.39, 0.29) is 19.1 Å². The molecule has 1 fully saturated rings. The highest BCUT2D eigenvalue weighted by Crippen LogP contribution is 2.27. The minimum absolute atomic E-state index is 0.155. The lowest BCUT2D eigenvalue weighted by molar-refractivity contribution is -0.141. The van der Waals surface area contributed by atoms with Crippen molar-refractivity contribution in [2.45, 2.75) is 39.5 Å². The summed E-state index contributed by atoms with van der Waals surface area (Å²) in [5, 5.41) is 8.01. The van der Waals surface area contributed by atoms with E-state index in [1.165, 1.54) is 6.42 Å². The maximum absolute atomic E-state index is 12.7. The molecule has 28 heavy (non-hydrogen) atoms. The molecule has 8 heteroatoms. The van der Waals surface area contributed by atoms with Crippen molar-refractivity contribution < 1.29 is 19.1 Å². The first kappa shape index (κ1) is 21.5. The zero-order chi connectivity index (χ0) is 20.4. The van der Waals surface area contributed by atoms with Gasteiger partial charge in [0, 0.05) is 31.0 Å². The Morgan fingerprint density at radius 1 is 1.07 bits per heavy atom. The zero-order valence-electron chi connectivity index (χ0n) is 16.7. The van der Waals surface area contributed by atoms with Crippen molar-refractivity contribution in [2.75, 3.05) is 43.0 Å². The van der Waals surface area contributed by atoms with E-state index in [2.05, 4.69) is 20.9 Å². The summed E-state index contributed by atoms with van der Waals surface area (Å²) in [6, 6.07) is 4.79. The van der Waals surface area contributed by atoms with E-state index in [0.29, 0.717) is 17.8 Å². The summed E-state index contributed by atoms with van der Waals surface area (Å²) in [5.41, 5.74) is 1.91. The molecule has 1 aliphatic heterocycles. The highest BCUT2D eigenvalue weighted by molar-refractivity contribution is 6.02. The summed E-state index contributed by atoms with van der Waals surface area (Å²) in [6.07, 6.45) is 4.26. The summed E-state index contributed by atoms with van der Waals surface area (Å²) in [7, 11) is 0. The minimum atomic E-state index is -0.529. The topological polar surface area (TPSA) is 99.8 Å². The third kappa shape index (κ3) is 6.44. The van der Waals surface area contributed by atoms with Gasteiger partial charge >= 0.3 is 12.0 Å². The van der Waals surface area contributed by atoms with Crippen molar-refractivity contribution in [1.82, 2.24) is 10.6 Å². The van der Waals surface area contributed by atoms with E-state index >= 15 is 0 Å². The smallest absolute Gasteiger partial charge is 0.325 e. The van der Waals surface area contributed by atoms with Crippen LogP contribution < -0.4 is 20.9 Å². The van der Waals surface area contributed by atoms with Crippen molar-refractivity contribution in [3.05, 3.63) is 23.8 Å². The lowest BCUT2D eigenvalue weighted by atomic mass is 10.1. The standard InChI is InChI=1S/C20H30N4O4/c1-3-10-21-19(26)16-13-15(23-20(27)22-14-18(25)28-4-2)8-9-17(16)24-11-6-5-7-12-24/h8-9,13H,3-7,10-12,14H2,1-2H3,(H,21,26)(H2,22,23,27). The van der Waals surface area contributed by atoms with Gasteiger partial charge in [-0.15, -0.1) is 0 Å². The molecular weight excluding hydrogens is 360 g/mol. The van der Waals surface area contributed by atoms with Crippen LogP contribution in [0.1, 0.15) is 49.9 Å². The first-order chi connectivity index (χ1) is 13.5. The summed E-state index contributed by atoms with van der Waals surface area (Å²) in [5.74, 6) is -0.657. The molecule has 1 aromatic rings. The molecule has 1 aromatic carbocycles. The molecule has 0 radical (unpaired) electrons. The second kappa shape index (κ2) is 11.2. The number of urea groups is 1. The van der Waals surface area contributed by atoms with Crippen molar-refractivity contribution in [1.29, 1.82) is 0 Å². The van der Waals surface area contributed by atoms with Gasteiger partial charge in [0.15, 0.2) is 0 Å². The molecule has 0 bridgehead atoms. The molecule has 154 valence electrons. The van der Waals surface area contributed by atoms with E-state index in [9.17, 15) is 14.4 Å². The number of rotatable bonds is 8. The van der Waals surface area contributed by atoms with E-state index in [0.717, 1.165) is 38.0 Å². The molecule has 1 saturated heterocycles. The van der Waals surface area contributed by atoms with Gasteiger partial charge in [0.25, 0.3) is 5.91 Å². The first-order valence-corrected chi connectivity index (χ1v) is 9.92. The van der Waals surface area contributed by atoms with E-state index in [4.69, 9.17) is 4.74 Å². The predicted octanol–water partition coefficient (Wildman–Crippen LogP) is 2.50. The highest BCUT2D eigenvalue weighted by atomic mass is 16.5. The molecular formula is C20H30N4O4. The number of nitrogens with zero attached hydrogens (tertiary/aromatic N) is 1. The van der Waals surface area contributed by atoms with Crippen LogP contribution in [0.5, 0.6) is 0 Å². The van der Waals surface area contributed by atoms with Crippen molar-refractivity contribution in [3.8, 4) is 0 Å². The van der Waals surface area contributed by atoms with Gasteiger partial charge in [-0.05, 0) is 50.8 Å². The molecule has 8 nitrogen and oxygen atoms in total. The lowest BCUT2D eigenvalue weighted by Crippen LogP contribution is -2.35. The summed E-state index contributed by atoms with van der Waals surface area (Å²) in [6.45, 7) is 6.17. The fraction of sp³-hybridized carbons (Fsp3) is 0.550. The maximum Gasteiger partial charge on any atom is 0.325 e. The SMILES string of the molecule is CCCNC(=O)c1cc(NC(=O)NCC(=O)OCC)ccc1N1CCCCC1. The number of hydrogen-bond acceptors (Lipinski definition) is 5. The average molecular weight is 390 g/mol. The van der Waals surface area contributed by atoms with Crippen LogP contribution in [0.15, 0.2) is 18.2 Å². The van der Waals surface area contributed by atoms with Crippen LogP contribution in [0, 0.1) is 0 Å². The van der Waals surface area contributed by atoms with E-state index < -0.39 is 12.0 Å². The van der Waals surface area contributed by atoms with Gasteiger partial charge in [-0.2, -0.15) is 0 Å².